The normalized spacial score (nSPS) is 14.9. The first kappa shape index (κ1) is 12.4. The zero-order chi connectivity index (χ0) is 12.8. The van der Waals surface area contributed by atoms with Crippen LogP contribution in [0.1, 0.15) is 30.4 Å². The number of nitrogens with one attached hydrogen (secondary N) is 1. The van der Waals surface area contributed by atoms with Crippen LogP contribution in [0.5, 0.6) is 0 Å². The smallest absolute Gasteiger partial charge is 0.317 e. The number of piperidine rings is 1. The van der Waals surface area contributed by atoms with Gasteiger partial charge in [0.15, 0.2) is 0 Å². The molecular formula is C14H17N3O. The van der Waals surface area contributed by atoms with Crippen molar-refractivity contribution in [2.75, 3.05) is 13.1 Å². The van der Waals surface area contributed by atoms with E-state index < -0.39 is 0 Å². The maximum atomic E-state index is 11.9. The van der Waals surface area contributed by atoms with Crippen LogP contribution in [0, 0.1) is 11.3 Å². The Hall–Kier alpha value is -2.02. The van der Waals surface area contributed by atoms with Crippen molar-refractivity contribution in [2.24, 2.45) is 0 Å². The van der Waals surface area contributed by atoms with Crippen LogP contribution in [0.25, 0.3) is 0 Å². The molecule has 1 aromatic rings. The van der Waals surface area contributed by atoms with Crippen molar-refractivity contribution < 1.29 is 4.79 Å². The molecule has 4 nitrogen and oxygen atoms in total. The lowest BCUT2D eigenvalue weighted by Crippen LogP contribution is -2.42. The summed E-state index contributed by atoms with van der Waals surface area (Å²) in [5, 5.41) is 11.7. The van der Waals surface area contributed by atoms with E-state index in [1.54, 1.807) is 12.1 Å². The molecule has 1 N–H and O–H groups in total. The summed E-state index contributed by atoms with van der Waals surface area (Å²) in [6.07, 6.45) is 3.41. The number of hydrogen-bond donors (Lipinski definition) is 1. The second-order valence-corrected chi connectivity index (χ2v) is 4.52. The van der Waals surface area contributed by atoms with Crippen LogP contribution >= 0.6 is 0 Å². The Morgan fingerprint density at radius 1 is 1.33 bits per heavy atom. The summed E-state index contributed by atoms with van der Waals surface area (Å²) < 4.78 is 0. The molecule has 0 atom stereocenters. The largest absolute Gasteiger partial charge is 0.334 e. The van der Waals surface area contributed by atoms with Gasteiger partial charge in [0, 0.05) is 19.6 Å². The van der Waals surface area contributed by atoms with Gasteiger partial charge in [0.1, 0.15) is 0 Å². The summed E-state index contributed by atoms with van der Waals surface area (Å²) in [6.45, 7) is 2.18. The molecule has 2 amide bonds. The quantitative estimate of drug-likeness (QED) is 0.866. The molecule has 0 saturated carbocycles. The predicted molar refractivity (Wildman–Crippen MR) is 68.8 cm³/mol. The Morgan fingerprint density at radius 3 is 2.83 bits per heavy atom. The molecule has 0 aliphatic carbocycles. The monoisotopic (exact) mass is 243 g/mol. The molecule has 0 unspecified atom stereocenters. The Bertz CT molecular complexity index is 458. The Balaban J connectivity index is 1.86. The van der Waals surface area contributed by atoms with Gasteiger partial charge in [-0.1, -0.05) is 12.1 Å². The second kappa shape index (κ2) is 6.06. The maximum absolute atomic E-state index is 11.9. The minimum Gasteiger partial charge on any atom is -0.334 e. The van der Waals surface area contributed by atoms with Crippen LogP contribution in [0.15, 0.2) is 24.3 Å². The number of carbonyl (C=O) groups excluding carboxylic acids is 1. The average Bonchev–Trinajstić information content (AvgIpc) is 2.46. The molecule has 0 aromatic heterocycles. The Kier molecular flexibility index (Phi) is 4.19. The van der Waals surface area contributed by atoms with Gasteiger partial charge in [-0.15, -0.1) is 0 Å². The van der Waals surface area contributed by atoms with Gasteiger partial charge >= 0.3 is 6.03 Å². The van der Waals surface area contributed by atoms with Crippen LogP contribution < -0.4 is 5.32 Å². The molecule has 1 fully saturated rings. The molecule has 2 rings (SSSR count). The lowest BCUT2D eigenvalue weighted by molar-refractivity contribution is 0.186. The number of urea groups is 1. The fourth-order valence-electron chi connectivity index (χ4n) is 2.14. The molecule has 4 heteroatoms. The lowest BCUT2D eigenvalue weighted by Gasteiger charge is -2.26. The van der Waals surface area contributed by atoms with Gasteiger partial charge in [0.25, 0.3) is 0 Å². The highest BCUT2D eigenvalue weighted by atomic mass is 16.2. The van der Waals surface area contributed by atoms with Crippen LogP contribution in [0.2, 0.25) is 0 Å². The van der Waals surface area contributed by atoms with Gasteiger partial charge in [0.2, 0.25) is 0 Å². The number of hydrogen-bond acceptors (Lipinski definition) is 2. The first-order valence-electron chi connectivity index (χ1n) is 6.31. The van der Waals surface area contributed by atoms with E-state index in [9.17, 15) is 4.79 Å². The lowest BCUT2D eigenvalue weighted by atomic mass is 10.1. The molecule has 94 valence electrons. The van der Waals surface area contributed by atoms with Crippen LogP contribution in [0.4, 0.5) is 4.79 Å². The molecule has 18 heavy (non-hydrogen) atoms. The molecular weight excluding hydrogens is 226 g/mol. The van der Waals surface area contributed by atoms with Gasteiger partial charge in [0.05, 0.1) is 11.6 Å². The third-order valence-electron chi connectivity index (χ3n) is 3.14. The Labute approximate surface area is 107 Å². The highest BCUT2D eigenvalue weighted by Crippen LogP contribution is 2.09. The molecule has 1 aliphatic rings. The van der Waals surface area contributed by atoms with E-state index >= 15 is 0 Å². The van der Waals surface area contributed by atoms with Gasteiger partial charge < -0.3 is 10.2 Å². The number of amides is 2. The van der Waals surface area contributed by atoms with Crippen molar-refractivity contribution in [3.05, 3.63) is 35.4 Å². The zero-order valence-corrected chi connectivity index (χ0v) is 10.4. The third kappa shape index (κ3) is 3.24. The van der Waals surface area contributed by atoms with Gasteiger partial charge in [-0.25, -0.2) is 4.79 Å². The van der Waals surface area contributed by atoms with Gasteiger partial charge in [-0.3, -0.25) is 0 Å². The summed E-state index contributed by atoms with van der Waals surface area (Å²) in [4.78, 5) is 13.7. The molecule has 1 heterocycles. The van der Waals surface area contributed by atoms with Crippen molar-refractivity contribution in [1.82, 2.24) is 10.2 Å². The number of benzene rings is 1. The van der Waals surface area contributed by atoms with E-state index in [1.807, 2.05) is 17.0 Å². The topological polar surface area (TPSA) is 56.1 Å². The van der Waals surface area contributed by atoms with E-state index in [1.165, 1.54) is 6.42 Å². The van der Waals surface area contributed by atoms with E-state index in [0.29, 0.717) is 12.1 Å². The minimum absolute atomic E-state index is 0.00272. The number of rotatable bonds is 2. The summed E-state index contributed by atoms with van der Waals surface area (Å²) in [7, 11) is 0. The van der Waals surface area contributed by atoms with E-state index in [2.05, 4.69) is 11.4 Å². The number of carbonyl (C=O) groups is 1. The molecule has 1 saturated heterocycles. The molecule has 1 aliphatic heterocycles. The van der Waals surface area contributed by atoms with Crippen LogP contribution in [-0.4, -0.2) is 24.0 Å². The van der Waals surface area contributed by atoms with Crippen molar-refractivity contribution in [2.45, 2.75) is 25.8 Å². The summed E-state index contributed by atoms with van der Waals surface area (Å²) in [6, 6.07) is 9.40. The van der Waals surface area contributed by atoms with Crippen molar-refractivity contribution in [1.29, 1.82) is 5.26 Å². The molecule has 0 radical (unpaired) electrons. The minimum atomic E-state index is -0.00272. The Morgan fingerprint density at radius 2 is 2.11 bits per heavy atom. The first-order valence-corrected chi connectivity index (χ1v) is 6.31. The van der Waals surface area contributed by atoms with E-state index in [-0.39, 0.29) is 6.03 Å². The molecule has 1 aromatic carbocycles. The van der Waals surface area contributed by atoms with Crippen molar-refractivity contribution in [3.63, 3.8) is 0 Å². The van der Waals surface area contributed by atoms with Crippen molar-refractivity contribution in [3.8, 4) is 6.07 Å². The highest BCUT2D eigenvalue weighted by Gasteiger charge is 2.15. The number of nitrogens with zero attached hydrogens (tertiary/aromatic N) is 2. The van der Waals surface area contributed by atoms with E-state index in [4.69, 9.17) is 5.26 Å². The van der Waals surface area contributed by atoms with Gasteiger partial charge in [-0.2, -0.15) is 5.26 Å². The maximum Gasteiger partial charge on any atom is 0.317 e. The van der Waals surface area contributed by atoms with E-state index in [0.717, 1.165) is 31.5 Å². The average molecular weight is 243 g/mol. The number of likely N-dealkylation sites (tertiary alicyclic amines) is 1. The van der Waals surface area contributed by atoms with Gasteiger partial charge in [-0.05, 0) is 37.0 Å². The molecule has 0 spiro atoms. The second-order valence-electron chi connectivity index (χ2n) is 4.52. The number of nitriles is 1. The third-order valence-corrected chi connectivity index (χ3v) is 3.14. The highest BCUT2D eigenvalue weighted by molar-refractivity contribution is 5.74. The van der Waals surface area contributed by atoms with Crippen molar-refractivity contribution >= 4 is 6.03 Å². The zero-order valence-electron chi connectivity index (χ0n) is 10.4. The van der Waals surface area contributed by atoms with Crippen LogP contribution in [0.3, 0.4) is 0 Å². The SMILES string of the molecule is N#Cc1cccc(CNC(=O)N2CCCCC2)c1. The van der Waals surface area contributed by atoms with Crippen LogP contribution in [-0.2, 0) is 6.54 Å². The summed E-state index contributed by atoms with van der Waals surface area (Å²) in [5.41, 5.74) is 1.58. The fourth-order valence-corrected chi connectivity index (χ4v) is 2.14. The standard InChI is InChI=1S/C14H17N3O/c15-10-12-5-4-6-13(9-12)11-16-14(18)17-7-2-1-3-8-17/h4-6,9H,1-3,7-8,11H2,(H,16,18). The predicted octanol–water partition coefficient (Wildman–Crippen LogP) is 2.25. The summed E-state index contributed by atoms with van der Waals surface area (Å²) >= 11 is 0. The fraction of sp³-hybridized carbons (Fsp3) is 0.429. The summed E-state index contributed by atoms with van der Waals surface area (Å²) in [5.74, 6) is 0. The molecule has 0 bridgehead atoms. The first-order chi connectivity index (χ1) is 8.79.